The fraction of sp³-hybridized carbons (Fsp3) is 0.914. The first-order valence-electron chi connectivity index (χ1n) is 16.7. The van der Waals surface area contributed by atoms with Crippen LogP contribution in [-0.2, 0) is 4.74 Å². The maximum absolute atomic E-state index is 12.5. The number of hydrogen-bond acceptors (Lipinski definition) is 3. The van der Waals surface area contributed by atoms with E-state index in [-0.39, 0.29) is 5.30 Å². The lowest BCUT2D eigenvalue weighted by Gasteiger charge is -2.58. The highest BCUT2D eigenvalue weighted by molar-refractivity contribution is 8.13. The fourth-order valence-corrected chi connectivity index (χ4v) is 10.7. The lowest BCUT2D eigenvalue weighted by atomic mass is 9.47. The molecule has 0 N–H and O–H groups in total. The maximum Gasteiger partial charge on any atom is 0.367 e. The Labute approximate surface area is 240 Å². The number of rotatable bonds is 12. The van der Waals surface area contributed by atoms with Gasteiger partial charge in [0.2, 0.25) is 0 Å². The van der Waals surface area contributed by atoms with Gasteiger partial charge in [0, 0.05) is 5.25 Å². The quantitative estimate of drug-likeness (QED) is 0.139. The van der Waals surface area contributed by atoms with E-state index in [0.717, 1.165) is 48.3 Å². The van der Waals surface area contributed by atoms with Gasteiger partial charge < -0.3 is 4.74 Å². The van der Waals surface area contributed by atoms with Gasteiger partial charge in [-0.05, 0) is 116 Å². The smallest absolute Gasteiger partial charge is 0.367 e. The van der Waals surface area contributed by atoms with Gasteiger partial charge in [-0.15, -0.1) is 0 Å². The molecule has 4 aliphatic carbocycles. The summed E-state index contributed by atoms with van der Waals surface area (Å²) in [5, 5.41) is 0.381. The molecule has 8 atom stereocenters. The van der Waals surface area contributed by atoms with E-state index in [9.17, 15) is 4.79 Å². The first kappa shape index (κ1) is 30.5. The van der Waals surface area contributed by atoms with Crippen molar-refractivity contribution < 1.29 is 9.53 Å². The van der Waals surface area contributed by atoms with Gasteiger partial charge in [-0.3, -0.25) is 0 Å². The topological polar surface area (TPSA) is 26.3 Å². The Hall–Kier alpha value is -0.440. The third-order valence-corrected chi connectivity index (χ3v) is 13.0. The highest BCUT2D eigenvalue weighted by Gasteiger charge is 2.59. The van der Waals surface area contributed by atoms with Crippen LogP contribution in [0.3, 0.4) is 0 Å². The number of carbonyl (C=O) groups excluding carboxylic acids is 1. The van der Waals surface area contributed by atoms with E-state index in [1.807, 2.05) is 0 Å². The summed E-state index contributed by atoms with van der Waals surface area (Å²) in [5.41, 5.74) is 2.62. The van der Waals surface area contributed by atoms with E-state index in [1.54, 1.807) is 5.57 Å². The van der Waals surface area contributed by atoms with E-state index in [4.69, 9.17) is 4.74 Å². The van der Waals surface area contributed by atoms with Gasteiger partial charge in [0.25, 0.3) is 0 Å². The molecule has 2 nitrogen and oxygen atoms in total. The number of thioether (sulfide) groups is 1. The molecule has 0 saturated heterocycles. The number of carbonyl (C=O) groups is 1. The Morgan fingerprint density at radius 3 is 2.53 bits per heavy atom. The lowest BCUT2D eigenvalue weighted by Crippen LogP contribution is -2.50. The minimum atomic E-state index is -0.0312. The van der Waals surface area contributed by atoms with Crippen molar-refractivity contribution in [3.8, 4) is 0 Å². The van der Waals surface area contributed by atoms with Gasteiger partial charge in [0.15, 0.2) is 0 Å². The average Bonchev–Trinajstić information content (AvgIpc) is 3.23. The largest absolute Gasteiger partial charge is 0.458 e. The molecular formula is C35H60O2S. The van der Waals surface area contributed by atoms with Crippen LogP contribution in [-0.4, -0.2) is 17.2 Å². The number of hydrogen-bond donors (Lipinski definition) is 0. The fourth-order valence-electron chi connectivity index (χ4n) is 9.78. The van der Waals surface area contributed by atoms with Crippen molar-refractivity contribution in [2.45, 2.75) is 150 Å². The van der Waals surface area contributed by atoms with Gasteiger partial charge >= 0.3 is 5.30 Å². The van der Waals surface area contributed by atoms with E-state index < -0.39 is 0 Å². The molecule has 0 aromatic rings. The summed E-state index contributed by atoms with van der Waals surface area (Å²) < 4.78 is 5.60. The van der Waals surface area contributed by atoms with Crippen molar-refractivity contribution in [1.29, 1.82) is 0 Å². The molecule has 0 radical (unpaired) electrons. The third-order valence-electron chi connectivity index (χ3n) is 12.0. The zero-order valence-electron chi connectivity index (χ0n) is 25.9. The van der Waals surface area contributed by atoms with Crippen molar-refractivity contribution in [1.82, 2.24) is 0 Å². The summed E-state index contributed by atoms with van der Waals surface area (Å²) in [5.74, 6) is 5.33. The molecule has 3 heteroatoms. The first-order chi connectivity index (χ1) is 18.2. The molecular weight excluding hydrogens is 484 g/mol. The second-order valence-electron chi connectivity index (χ2n) is 14.8. The number of unbranched alkanes of at least 4 members (excludes halogenated alkanes) is 4. The Morgan fingerprint density at radius 1 is 0.974 bits per heavy atom. The lowest BCUT2D eigenvalue weighted by molar-refractivity contribution is -0.0497. The van der Waals surface area contributed by atoms with E-state index >= 15 is 0 Å². The molecule has 4 rings (SSSR count). The average molecular weight is 545 g/mol. The van der Waals surface area contributed by atoms with Crippen LogP contribution in [0.25, 0.3) is 0 Å². The molecule has 3 saturated carbocycles. The van der Waals surface area contributed by atoms with Crippen LogP contribution in [0.5, 0.6) is 0 Å². The second kappa shape index (κ2) is 13.5. The van der Waals surface area contributed by atoms with Crippen molar-refractivity contribution in [3.05, 3.63) is 11.6 Å². The predicted octanol–water partition coefficient (Wildman–Crippen LogP) is 11.2. The molecule has 218 valence electrons. The summed E-state index contributed by atoms with van der Waals surface area (Å²) in [6.45, 7) is 15.5. The summed E-state index contributed by atoms with van der Waals surface area (Å²) in [6.07, 6.45) is 23.6. The van der Waals surface area contributed by atoms with Crippen LogP contribution in [0, 0.1) is 46.3 Å². The Kier molecular flexibility index (Phi) is 10.8. The molecule has 0 spiro atoms. The normalized spacial score (nSPS) is 37.2. The van der Waals surface area contributed by atoms with Gasteiger partial charge in [-0.1, -0.05) is 98.1 Å². The van der Waals surface area contributed by atoms with Gasteiger partial charge in [0.1, 0.15) is 0 Å². The Balaban J connectivity index is 1.31. The molecule has 0 aromatic heterocycles. The van der Waals surface area contributed by atoms with Crippen LogP contribution in [0.1, 0.15) is 144 Å². The standard InChI is InChI=1S/C35H60O2S/c1-7-8-9-10-11-23-37-33(36)38-28-19-21-34(5)27(24-28)15-16-29-31-18-17-30(26(4)14-12-13-25(2)3)35(31,6)22-20-32(29)34/h15,25-26,28-32H,7-14,16-24H2,1-6H3/t26-,28+,29-,30+,31-,32-,34+,35-/m1/s1. The third kappa shape index (κ3) is 6.71. The molecule has 0 amide bonds. The van der Waals surface area contributed by atoms with Gasteiger partial charge in [0.05, 0.1) is 6.61 Å². The van der Waals surface area contributed by atoms with Crippen LogP contribution >= 0.6 is 11.8 Å². The minimum Gasteiger partial charge on any atom is -0.458 e. The summed E-state index contributed by atoms with van der Waals surface area (Å²) >= 11 is 1.50. The van der Waals surface area contributed by atoms with Crippen molar-refractivity contribution in [3.63, 3.8) is 0 Å². The van der Waals surface area contributed by atoms with Crippen molar-refractivity contribution in [2.75, 3.05) is 6.61 Å². The molecule has 3 fully saturated rings. The highest BCUT2D eigenvalue weighted by atomic mass is 32.2. The van der Waals surface area contributed by atoms with Crippen LogP contribution in [0.15, 0.2) is 11.6 Å². The number of ether oxygens (including phenoxy) is 1. The predicted molar refractivity (Wildman–Crippen MR) is 165 cm³/mol. The SMILES string of the molecule is CCCCCCCOC(=O)S[C@H]1CC[C@@]2(C)C(=CC[C@@H]3[C@H]4CC[C@@H]([C@H](C)CCCC(C)C)[C@@]4(C)CC[C@H]32)C1. The highest BCUT2D eigenvalue weighted by Crippen LogP contribution is 2.67. The van der Waals surface area contributed by atoms with Crippen molar-refractivity contribution in [2.24, 2.45) is 46.3 Å². The molecule has 0 aliphatic heterocycles. The monoisotopic (exact) mass is 544 g/mol. The van der Waals surface area contributed by atoms with Crippen molar-refractivity contribution >= 4 is 17.1 Å². The van der Waals surface area contributed by atoms with Crippen LogP contribution in [0.4, 0.5) is 4.79 Å². The Bertz CT molecular complexity index is 804. The number of fused-ring (bicyclic) bond motifs is 5. The molecule has 0 aromatic carbocycles. The zero-order chi connectivity index (χ0) is 27.3. The Morgan fingerprint density at radius 2 is 1.76 bits per heavy atom. The molecule has 4 aliphatic rings. The van der Waals surface area contributed by atoms with E-state index in [2.05, 4.69) is 47.6 Å². The maximum atomic E-state index is 12.5. The molecule has 0 unspecified atom stereocenters. The molecule has 38 heavy (non-hydrogen) atoms. The van der Waals surface area contributed by atoms with Crippen LogP contribution < -0.4 is 0 Å². The number of allylic oxidation sites excluding steroid dienone is 2. The molecule has 0 bridgehead atoms. The van der Waals surface area contributed by atoms with Crippen LogP contribution in [0.2, 0.25) is 0 Å². The molecule has 0 heterocycles. The summed E-state index contributed by atoms with van der Waals surface area (Å²) in [4.78, 5) is 12.5. The van der Waals surface area contributed by atoms with Gasteiger partial charge in [-0.2, -0.15) is 0 Å². The van der Waals surface area contributed by atoms with Gasteiger partial charge in [-0.25, -0.2) is 4.79 Å². The zero-order valence-corrected chi connectivity index (χ0v) is 26.7. The minimum absolute atomic E-state index is 0.0312. The van der Waals surface area contributed by atoms with E-state index in [0.29, 0.717) is 22.7 Å². The van der Waals surface area contributed by atoms with E-state index in [1.165, 1.54) is 102 Å². The summed E-state index contributed by atoms with van der Waals surface area (Å²) in [6, 6.07) is 0. The second-order valence-corrected chi connectivity index (χ2v) is 16.0. The first-order valence-corrected chi connectivity index (χ1v) is 17.6. The summed E-state index contributed by atoms with van der Waals surface area (Å²) in [7, 11) is 0.